The maximum Gasteiger partial charge on any atom is 0.292 e. The van der Waals surface area contributed by atoms with Crippen molar-refractivity contribution in [3.8, 4) is 0 Å². The van der Waals surface area contributed by atoms with Gasteiger partial charge in [-0.2, -0.15) is 11.8 Å². The summed E-state index contributed by atoms with van der Waals surface area (Å²) in [5, 5.41) is 20.6. The molecule has 1 aliphatic heterocycles. The molecule has 0 spiro atoms. The van der Waals surface area contributed by atoms with Crippen molar-refractivity contribution in [1.82, 2.24) is 0 Å². The average Bonchev–Trinajstić information content (AvgIpc) is 2.38. The molecule has 0 bridgehead atoms. The lowest BCUT2D eigenvalue weighted by Gasteiger charge is -2.32. The molecule has 0 saturated carbocycles. The minimum absolute atomic E-state index is 0.0839. The van der Waals surface area contributed by atoms with Gasteiger partial charge < -0.3 is 10.0 Å². The fraction of sp³-hybridized carbons (Fsp3) is 0.500. The molecule has 1 aromatic carbocycles. The molecule has 1 atom stereocenters. The zero-order valence-electron chi connectivity index (χ0n) is 10.2. The number of rotatable bonds is 3. The first-order valence-electron chi connectivity index (χ1n) is 5.86. The topological polar surface area (TPSA) is 66.6 Å². The van der Waals surface area contributed by atoms with E-state index in [0.29, 0.717) is 16.5 Å². The van der Waals surface area contributed by atoms with Gasteiger partial charge in [0, 0.05) is 30.2 Å². The van der Waals surface area contributed by atoms with Crippen LogP contribution in [0, 0.1) is 10.1 Å². The monoisotopic (exact) mass is 268 g/mol. The third-order valence-electron chi connectivity index (χ3n) is 3.00. The van der Waals surface area contributed by atoms with Gasteiger partial charge in [-0.15, -0.1) is 0 Å². The van der Waals surface area contributed by atoms with E-state index in [1.165, 1.54) is 6.07 Å². The van der Waals surface area contributed by atoms with Crippen LogP contribution in [-0.2, 0) is 6.61 Å². The van der Waals surface area contributed by atoms with Crippen LogP contribution in [0.1, 0.15) is 12.5 Å². The fourth-order valence-electron chi connectivity index (χ4n) is 2.12. The predicted molar refractivity (Wildman–Crippen MR) is 73.2 cm³/mol. The third-order valence-corrected chi connectivity index (χ3v) is 4.14. The van der Waals surface area contributed by atoms with Gasteiger partial charge in [0.15, 0.2) is 0 Å². The lowest BCUT2D eigenvalue weighted by atomic mass is 10.1. The molecule has 0 amide bonds. The Kier molecular flexibility index (Phi) is 4.08. The SMILES string of the molecule is CC1CN(c2ccc(CO)cc2[N+](=O)[O-])CCS1. The molecule has 2 rings (SSSR count). The Morgan fingerprint density at radius 1 is 1.61 bits per heavy atom. The van der Waals surface area contributed by atoms with E-state index in [-0.39, 0.29) is 17.2 Å². The summed E-state index contributed by atoms with van der Waals surface area (Å²) in [4.78, 5) is 12.8. The van der Waals surface area contributed by atoms with Crippen molar-refractivity contribution in [3.63, 3.8) is 0 Å². The van der Waals surface area contributed by atoms with Gasteiger partial charge >= 0.3 is 0 Å². The van der Waals surface area contributed by atoms with E-state index in [9.17, 15) is 10.1 Å². The van der Waals surface area contributed by atoms with Gasteiger partial charge in [-0.3, -0.25) is 10.1 Å². The minimum atomic E-state index is -0.374. The van der Waals surface area contributed by atoms with Crippen molar-refractivity contribution in [1.29, 1.82) is 0 Å². The number of nitro groups is 1. The largest absolute Gasteiger partial charge is 0.392 e. The Hall–Kier alpha value is -1.27. The normalized spacial score (nSPS) is 19.9. The molecule has 98 valence electrons. The molecule has 5 nitrogen and oxygen atoms in total. The molecule has 1 aliphatic rings. The number of anilines is 1. The summed E-state index contributed by atoms with van der Waals surface area (Å²) in [6.45, 7) is 3.61. The van der Waals surface area contributed by atoms with E-state index < -0.39 is 0 Å². The lowest BCUT2D eigenvalue weighted by molar-refractivity contribution is -0.384. The number of nitro benzene ring substituents is 1. The van der Waals surface area contributed by atoms with Crippen LogP contribution in [0.25, 0.3) is 0 Å². The Bertz CT molecular complexity index is 453. The lowest BCUT2D eigenvalue weighted by Crippen LogP contribution is -2.36. The van der Waals surface area contributed by atoms with Gasteiger partial charge in [0.1, 0.15) is 5.69 Å². The molecule has 6 heteroatoms. The van der Waals surface area contributed by atoms with Crippen molar-refractivity contribution in [2.75, 3.05) is 23.7 Å². The smallest absolute Gasteiger partial charge is 0.292 e. The molecule has 1 saturated heterocycles. The van der Waals surface area contributed by atoms with Crippen molar-refractivity contribution in [2.24, 2.45) is 0 Å². The summed E-state index contributed by atoms with van der Waals surface area (Å²) in [7, 11) is 0. The quantitative estimate of drug-likeness (QED) is 0.671. The van der Waals surface area contributed by atoms with Crippen LogP contribution in [0.2, 0.25) is 0 Å². The van der Waals surface area contributed by atoms with Crippen LogP contribution in [0.4, 0.5) is 11.4 Å². The molecule has 1 aromatic rings. The van der Waals surface area contributed by atoms with Gasteiger partial charge in [-0.25, -0.2) is 0 Å². The molecule has 0 aliphatic carbocycles. The Morgan fingerprint density at radius 2 is 2.39 bits per heavy atom. The van der Waals surface area contributed by atoms with Crippen molar-refractivity contribution in [3.05, 3.63) is 33.9 Å². The Morgan fingerprint density at radius 3 is 3.00 bits per heavy atom. The predicted octanol–water partition coefficient (Wildman–Crippen LogP) is 2.03. The number of aliphatic hydroxyl groups excluding tert-OH is 1. The molecule has 18 heavy (non-hydrogen) atoms. The maximum atomic E-state index is 11.1. The van der Waals surface area contributed by atoms with E-state index in [1.807, 2.05) is 11.8 Å². The van der Waals surface area contributed by atoms with E-state index in [0.717, 1.165) is 18.8 Å². The summed E-state index contributed by atoms with van der Waals surface area (Å²) in [6.07, 6.45) is 0. The van der Waals surface area contributed by atoms with E-state index in [4.69, 9.17) is 5.11 Å². The number of nitrogens with zero attached hydrogens (tertiary/aromatic N) is 2. The van der Waals surface area contributed by atoms with Crippen LogP contribution in [0.3, 0.4) is 0 Å². The average molecular weight is 268 g/mol. The molecule has 1 heterocycles. The van der Waals surface area contributed by atoms with Crippen LogP contribution in [0.5, 0.6) is 0 Å². The zero-order valence-corrected chi connectivity index (χ0v) is 11.0. The Balaban J connectivity index is 2.33. The molecular formula is C12H16N2O3S. The second kappa shape index (κ2) is 5.58. The highest BCUT2D eigenvalue weighted by Gasteiger charge is 2.24. The fourth-order valence-corrected chi connectivity index (χ4v) is 3.13. The van der Waals surface area contributed by atoms with E-state index in [1.54, 1.807) is 12.1 Å². The second-order valence-electron chi connectivity index (χ2n) is 4.37. The minimum Gasteiger partial charge on any atom is -0.392 e. The maximum absolute atomic E-state index is 11.1. The van der Waals surface area contributed by atoms with Crippen LogP contribution in [0.15, 0.2) is 18.2 Å². The standard InChI is InChI=1S/C12H16N2O3S/c1-9-7-13(4-5-18-9)11-3-2-10(8-15)6-12(11)14(16)17/h2-3,6,9,15H,4-5,7-8H2,1H3. The molecule has 0 radical (unpaired) electrons. The third kappa shape index (κ3) is 2.76. The highest BCUT2D eigenvalue weighted by atomic mass is 32.2. The van der Waals surface area contributed by atoms with Crippen LogP contribution >= 0.6 is 11.8 Å². The number of hydrogen-bond acceptors (Lipinski definition) is 5. The highest BCUT2D eigenvalue weighted by molar-refractivity contribution is 8.00. The van der Waals surface area contributed by atoms with Gasteiger partial charge in [-0.1, -0.05) is 13.0 Å². The first kappa shape index (κ1) is 13.2. The molecule has 0 aromatic heterocycles. The Labute approximate surface area is 110 Å². The number of thioether (sulfide) groups is 1. The van der Waals surface area contributed by atoms with Crippen molar-refractivity contribution >= 4 is 23.1 Å². The number of aliphatic hydroxyl groups is 1. The van der Waals surface area contributed by atoms with E-state index >= 15 is 0 Å². The molecule has 1 N–H and O–H groups in total. The van der Waals surface area contributed by atoms with Crippen LogP contribution in [-0.4, -0.2) is 34.1 Å². The first-order valence-corrected chi connectivity index (χ1v) is 6.91. The second-order valence-corrected chi connectivity index (χ2v) is 5.91. The highest BCUT2D eigenvalue weighted by Crippen LogP contribution is 2.32. The van der Waals surface area contributed by atoms with Crippen LogP contribution < -0.4 is 4.90 Å². The zero-order chi connectivity index (χ0) is 13.1. The van der Waals surface area contributed by atoms with Gasteiger partial charge in [0.2, 0.25) is 0 Å². The summed E-state index contributed by atoms with van der Waals surface area (Å²) >= 11 is 1.89. The van der Waals surface area contributed by atoms with E-state index in [2.05, 4.69) is 11.8 Å². The molecule has 1 fully saturated rings. The summed E-state index contributed by atoms with van der Waals surface area (Å²) in [6, 6.07) is 4.95. The summed E-state index contributed by atoms with van der Waals surface area (Å²) in [5.41, 5.74) is 1.31. The number of hydrogen-bond donors (Lipinski definition) is 1. The van der Waals surface area contributed by atoms with Gasteiger partial charge in [0.25, 0.3) is 5.69 Å². The van der Waals surface area contributed by atoms with Gasteiger partial charge in [-0.05, 0) is 11.6 Å². The molecular weight excluding hydrogens is 252 g/mol. The van der Waals surface area contributed by atoms with Crippen molar-refractivity contribution in [2.45, 2.75) is 18.8 Å². The summed E-state index contributed by atoms with van der Waals surface area (Å²) < 4.78 is 0. The summed E-state index contributed by atoms with van der Waals surface area (Å²) in [5.74, 6) is 0.986. The number of benzene rings is 1. The van der Waals surface area contributed by atoms with Crippen molar-refractivity contribution < 1.29 is 10.0 Å². The first-order chi connectivity index (χ1) is 8.61. The van der Waals surface area contributed by atoms with Gasteiger partial charge in [0.05, 0.1) is 11.5 Å². The molecule has 1 unspecified atom stereocenters.